The maximum absolute atomic E-state index is 12.1. The predicted octanol–water partition coefficient (Wildman–Crippen LogP) is 2.91. The van der Waals surface area contributed by atoms with Gasteiger partial charge in [-0.25, -0.2) is 9.59 Å². The van der Waals surface area contributed by atoms with Crippen LogP contribution in [0, 0.1) is 0 Å². The molecular weight excluding hydrogens is 298 g/mol. The van der Waals surface area contributed by atoms with Gasteiger partial charge in [-0.1, -0.05) is 30.3 Å². The first-order chi connectivity index (χ1) is 10.6. The zero-order valence-electron chi connectivity index (χ0n) is 14.3. The van der Waals surface area contributed by atoms with Crippen LogP contribution in [0.15, 0.2) is 30.3 Å². The highest BCUT2D eigenvalue weighted by molar-refractivity contribution is 5.80. The van der Waals surface area contributed by atoms with Gasteiger partial charge >= 0.3 is 12.1 Å². The molecular formula is C17H25NO5. The fourth-order valence-electron chi connectivity index (χ4n) is 2.24. The standard InChI is InChI=1S/C17H25NO5/c1-12(23-17(2,3)4)14(15(19)20)18(5)16(21)22-11-13-9-7-6-8-10-13/h6-10,12,14H,11H2,1-5H3,(H,19,20). The first kappa shape index (κ1) is 19.0. The molecule has 0 aliphatic heterocycles. The van der Waals surface area contributed by atoms with E-state index in [-0.39, 0.29) is 6.61 Å². The summed E-state index contributed by atoms with van der Waals surface area (Å²) in [4.78, 5) is 24.7. The van der Waals surface area contributed by atoms with E-state index >= 15 is 0 Å². The van der Waals surface area contributed by atoms with Gasteiger partial charge in [0.15, 0.2) is 6.04 Å². The molecule has 6 heteroatoms. The van der Waals surface area contributed by atoms with Gasteiger partial charge in [-0.15, -0.1) is 0 Å². The van der Waals surface area contributed by atoms with Crippen LogP contribution in [0.3, 0.4) is 0 Å². The second-order valence-corrected chi connectivity index (χ2v) is 6.37. The Labute approximate surface area is 137 Å². The third-order valence-electron chi connectivity index (χ3n) is 3.15. The van der Waals surface area contributed by atoms with Crippen molar-refractivity contribution < 1.29 is 24.2 Å². The molecule has 0 aliphatic rings. The van der Waals surface area contributed by atoms with Crippen molar-refractivity contribution in [2.45, 2.75) is 52.0 Å². The minimum atomic E-state index is -1.14. The Bertz CT molecular complexity index is 524. The third kappa shape index (κ3) is 6.28. The van der Waals surface area contributed by atoms with E-state index in [4.69, 9.17) is 9.47 Å². The van der Waals surface area contributed by atoms with Crippen molar-refractivity contribution in [2.75, 3.05) is 7.05 Å². The third-order valence-corrected chi connectivity index (χ3v) is 3.15. The fraction of sp³-hybridized carbons (Fsp3) is 0.529. The van der Waals surface area contributed by atoms with Gasteiger partial charge < -0.3 is 14.6 Å². The van der Waals surface area contributed by atoms with Crippen molar-refractivity contribution in [1.82, 2.24) is 4.90 Å². The van der Waals surface area contributed by atoms with Gasteiger partial charge in [0.05, 0.1) is 11.7 Å². The van der Waals surface area contributed by atoms with Crippen LogP contribution in [-0.2, 0) is 20.9 Å². The highest BCUT2D eigenvalue weighted by atomic mass is 16.6. The monoisotopic (exact) mass is 323 g/mol. The fourth-order valence-corrected chi connectivity index (χ4v) is 2.24. The molecule has 23 heavy (non-hydrogen) atoms. The van der Waals surface area contributed by atoms with Crippen molar-refractivity contribution in [1.29, 1.82) is 0 Å². The van der Waals surface area contributed by atoms with Gasteiger partial charge in [-0.3, -0.25) is 4.90 Å². The number of hydrogen-bond donors (Lipinski definition) is 1. The lowest BCUT2D eigenvalue weighted by Gasteiger charge is -2.33. The minimum Gasteiger partial charge on any atom is -0.480 e. The second-order valence-electron chi connectivity index (χ2n) is 6.37. The first-order valence-corrected chi connectivity index (χ1v) is 7.46. The molecule has 0 spiro atoms. The van der Waals surface area contributed by atoms with E-state index in [1.165, 1.54) is 7.05 Å². The van der Waals surface area contributed by atoms with E-state index in [9.17, 15) is 14.7 Å². The SMILES string of the molecule is CC(OC(C)(C)C)C(C(=O)O)N(C)C(=O)OCc1ccccc1. The van der Waals surface area contributed by atoms with Crippen LogP contribution in [0.4, 0.5) is 4.79 Å². The number of likely N-dealkylation sites (N-methyl/N-ethyl adjacent to an activating group) is 1. The Balaban J connectivity index is 2.71. The molecule has 1 rings (SSSR count). The summed E-state index contributed by atoms with van der Waals surface area (Å²) in [7, 11) is 1.40. The maximum Gasteiger partial charge on any atom is 0.410 e. The van der Waals surface area contributed by atoms with Crippen LogP contribution in [0.25, 0.3) is 0 Å². The zero-order valence-corrected chi connectivity index (χ0v) is 14.3. The van der Waals surface area contributed by atoms with Gasteiger partial charge in [-0.05, 0) is 33.3 Å². The highest BCUT2D eigenvalue weighted by Crippen LogP contribution is 2.17. The number of aliphatic carboxylic acids is 1. The second kappa shape index (κ2) is 7.97. The van der Waals surface area contributed by atoms with E-state index in [1.54, 1.807) is 6.92 Å². The molecule has 2 atom stereocenters. The van der Waals surface area contributed by atoms with Crippen LogP contribution >= 0.6 is 0 Å². The number of rotatable bonds is 6. The number of carboxylic acid groups (broad SMARTS) is 1. The van der Waals surface area contributed by atoms with E-state index in [2.05, 4.69) is 0 Å². The van der Waals surface area contributed by atoms with Crippen LogP contribution in [-0.4, -0.2) is 46.9 Å². The average Bonchev–Trinajstić information content (AvgIpc) is 2.43. The lowest BCUT2D eigenvalue weighted by molar-refractivity contribution is -0.153. The Morgan fingerprint density at radius 1 is 1.22 bits per heavy atom. The molecule has 0 radical (unpaired) electrons. The maximum atomic E-state index is 12.1. The van der Waals surface area contributed by atoms with Crippen LogP contribution in [0.1, 0.15) is 33.3 Å². The van der Waals surface area contributed by atoms with Crippen molar-refractivity contribution in [3.8, 4) is 0 Å². The molecule has 0 aromatic heterocycles. The lowest BCUT2D eigenvalue weighted by Crippen LogP contribution is -2.51. The molecule has 1 N–H and O–H groups in total. The number of hydrogen-bond acceptors (Lipinski definition) is 4. The molecule has 0 heterocycles. The van der Waals surface area contributed by atoms with Crippen molar-refractivity contribution in [2.24, 2.45) is 0 Å². The molecule has 0 aliphatic carbocycles. The number of nitrogens with zero attached hydrogens (tertiary/aromatic N) is 1. The lowest BCUT2D eigenvalue weighted by atomic mass is 10.1. The predicted molar refractivity (Wildman–Crippen MR) is 86.1 cm³/mol. The van der Waals surface area contributed by atoms with Crippen LogP contribution in [0.5, 0.6) is 0 Å². The Kier molecular flexibility index (Phi) is 6.57. The van der Waals surface area contributed by atoms with Gasteiger partial charge in [-0.2, -0.15) is 0 Å². The van der Waals surface area contributed by atoms with E-state index in [1.807, 2.05) is 51.1 Å². The molecule has 6 nitrogen and oxygen atoms in total. The number of ether oxygens (including phenoxy) is 2. The number of benzene rings is 1. The molecule has 1 aromatic carbocycles. The first-order valence-electron chi connectivity index (χ1n) is 7.46. The molecule has 0 saturated carbocycles. The molecule has 0 saturated heterocycles. The van der Waals surface area contributed by atoms with Crippen LogP contribution in [0.2, 0.25) is 0 Å². The molecule has 2 unspecified atom stereocenters. The van der Waals surface area contributed by atoms with Crippen molar-refractivity contribution in [3.63, 3.8) is 0 Å². The van der Waals surface area contributed by atoms with E-state index < -0.39 is 29.8 Å². The topological polar surface area (TPSA) is 76.1 Å². The van der Waals surface area contributed by atoms with Gasteiger partial charge in [0.2, 0.25) is 0 Å². The Hall–Kier alpha value is -2.08. The smallest absolute Gasteiger partial charge is 0.410 e. The summed E-state index contributed by atoms with van der Waals surface area (Å²) in [5.74, 6) is -1.14. The normalized spacial score (nSPS) is 14.0. The molecule has 1 aromatic rings. The summed E-state index contributed by atoms with van der Waals surface area (Å²) in [5.41, 5.74) is 0.321. The zero-order chi connectivity index (χ0) is 17.6. The minimum absolute atomic E-state index is 0.0882. The summed E-state index contributed by atoms with van der Waals surface area (Å²) in [5, 5.41) is 9.42. The quantitative estimate of drug-likeness (QED) is 0.871. The number of amides is 1. The van der Waals surface area contributed by atoms with Crippen molar-refractivity contribution >= 4 is 12.1 Å². The summed E-state index contributed by atoms with van der Waals surface area (Å²) in [6, 6.07) is 8.07. The highest BCUT2D eigenvalue weighted by Gasteiger charge is 2.35. The van der Waals surface area contributed by atoms with Crippen molar-refractivity contribution in [3.05, 3.63) is 35.9 Å². The van der Waals surface area contributed by atoms with Gasteiger partial charge in [0.1, 0.15) is 6.61 Å². The molecule has 0 fully saturated rings. The molecule has 128 valence electrons. The summed E-state index contributed by atoms with van der Waals surface area (Å²) < 4.78 is 10.8. The number of carboxylic acids is 1. The molecule has 0 bridgehead atoms. The summed E-state index contributed by atoms with van der Waals surface area (Å²) >= 11 is 0. The molecule has 1 amide bonds. The van der Waals surface area contributed by atoms with Gasteiger partial charge in [0, 0.05) is 7.05 Å². The van der Waals surface area contributed by atoms with E-state index in [0.29, 0.717) is 0 Å². The Morgan fingerprint density at radius 3 is 2.26 bits per heavy atom. The summed E-state index contributed by atoms with van der Waals surface area (Å²) in [6.07, 6.45) is -1.38. The van der Waals surface area contributed by atoms with Gasteiger partial charge in [0.25, 0.3) is 0 Å². The Morgan fingerprint density at radius 2 is 1.78 bits per heavy atom. The number of carbonyl (C=O) groups excluding carboxylic acids is 1. The summed E-state index contributed by atoms with van der Waals surface area (Å²) in [6.45, 7) is 7.21. The number of carbonyl (C=O) groups is 2. The largest absolute Gasteiger partial charge is 0.480 e. The average molecular weight is 323 g/mol. The van der Waals surface area contributed by atoms with Crippen LogP contribution < -0.4 is 0 Å². The van der Waals surface area contributed by atoms with E-state index in [0.717, 1.165) is 10.5 Å².